The average molecular weight is 318 g/mol. The van der Waals surface area contributed by atoms with E-state index in [1.165, 1.54) is 0 Å². The van der Waals surface area contributed by atoms with Crippen LogP contribution in [0.1, 0.15) is 18.4 Å². The highest BCUT2D eigenvalue weighted by Gasteiger charge is 2.20. The van der Waals surface area contributed by atoms with E-state index in [0.717, 1.165) is 29.4 Å². The van der Waals surface area contributed by atoms with Crippen LogP contribution >= 0.6 is 27.5 Å². The lowest BCUT2D eigenvalue weighted by Gasteiger charge is -2.22. The summed E-state index contributed by atoms with van der Waals surface area (Å²) in [6, 6.07) is 5.71. The maximum absolute atomic E-state index is 11.5. The first-order valence-corrected chi connectivity index (χ1v) is 6.79. The fourth-order valence-electron chi connectivity index (χ4n) is 1.86. The first kappa shape index (κ1) is 12.9. The molecule has 1 fully saturated rings. The number of nitrogens with one attached hydrogen (secondary N) is 2. The Labute approximate surface area is 114 Å². The van der Waals surface area contributed by atoms with Crippen molar-refractivity contribution >= 4 is 33.4 Å². The molecule has 0 radical (unpaired) electrons. The number of rotatable bonds is 3. The molecule has 1 unspecified atom stereocenters. The molecule has 1 aliphatic heterocycles. The van der Waals surface area contributed by atoms with Crippen LogP contribution in [0.25, 0.3) is 0 Å². The quantitative estimate of drug-likeness (QED) is 0.899. The van der Waals surface area contributed by atoms with E-state index in [2.05, 4.69) is 26.6 Å². The van der Waals surface area contributed by atoms with Gasteiger partial charge >= 0.3 is 0 Å². The zero-order valence-electron chi connectivity index (χ0n) is 9.30. The third kappa shape index (κ3) is 3.44. The fourth-order valence-corrected chi connectivity index (χ4v) is 2.40. The second-order valence-electron chi connectivity index (χ2n) is 4.12. The molecule has 5 heteroatoms. The van der Waals surface area contributed by atoms with E-state index in [0.29, 0.717) is 11.6 Å². The number of amides is 1. The van der Waals surface area contributed by atoms with Gasteiger partial charge in [-0.05, 0) is 46.5 Å². The maximum Gasteiger partial charge on any atom is 0.237 e. The summed E-state index contributed by atoms with van der Waals surface area (Å²) in [4.78, 5) is 11.5. The van der Waals surface area contributed by atoms with Gasteiger partial charge in [0.05, 0.1) is 11.1 Å². The van der Waals surface area contributed by atoms with E-state index in [1.54, 1.807) is 0 Å². The first-order valence-electron chi connectivity index (χ1n) is 5.62. The summed E-state index contributed by atoms with van der Waals surface area (Å²) in [5.41, 5.74) is 1.11. The lowest BCUT2D eigenvalue weighted by atomic mass is 10.1. The fraction of sp³-hybridized carbons (Fsp3) is 0.417. The average Bonchev–Trinajstić information content (AvgIpc) is 2.32. The number of halogens is 2. The van der Waals surface area contributed by atoms with Crippen LogP contribution in [0.2, 0.25) is 5.02 Å². The molecule has 0 aromatic heterocycles. The molecule has 0 spiro atoms. The predicted molar refractivity (Wildman–Crippen MR) is 72.0 cm³/mol. The highest BCUT2D eigenvalue weighted by molar-refractivity contribution is 9.10. The molecule has 2 N–H and O–H groups in total. The van der Waals surface area contributed by atoms with Gasteiger partial charge < -0.3 is 10.6 Å². The molecule has 1 aliphatic rings. The number of piperidine rings is 1. The van der Waals surface area contributed by atoms with Gasteiger partial charge in [0.2, 0.25) is 5.91 Å². The van der Waals surface area contributed by atoms with Gasteiger partial charge in [0, 0.05) is 17.6 Å². The Kier molecular flexibility index (Phi) is 4.42. The summed E-state index contributed by atoms with van der Waals surface area (Å²) in [7, 11) is 0. The van der Waals surface area contributed by atoms with Crippen LogP contribution in [0.3, 0.4) is 0 Å². The Morgan fingerprint density at radius 3 is 3.06 bits per heavy atom. The normalized spacial score (nSPS) is 20.1. The molecule has 3 nitrogen and oxygen atoms in total. The van der Waals surface area contributed by atoms with Gasteiger partial charge in [-0.25, -0.2) is 0 Å². The Balaban J connectivity index is 1.92. The van der Waals surface area contributed by atoms with E-state index in [1.807, 2.05) is 18.2 Å². The van der Waals surface area contributed by atoms with Crippen molar-refractivity contribution in [1.29, 1.82) is 0 Å². The Hall–Kier alpha value is -0.580. The van der Waals surface area contributed by atoms with Gasteiger partial charge in [0.25, 0.3) is 0 Å². The zero-order valence-corrected chi connectivity index (χ0v) is 11.6. The minimum absolute atomic E-state index is 0.0711. The third-order valence-corrected chi connectivity index (χ3v) is 4.04. The Morgan fingerprint density at radius 2 is 2.35 bits per heavy atom. The van der Waals surface area contributed by atoms with Gasteiger partial charge in [0.15, 0.2) is 0 Å². The van der Waals surface area contributed by atoms with Gasteiger partial charge in [-0.2, -0.15) is 0 Å². The summed E-state index contributed by atoms with van der Waals surface area (Å²) in [6.07, 6.45) is 1.94. The van der Waals surface area contributed by atoms with Crippen molar-refractivity contribution < 1.29 is 4.79 Å². The topological polar surface area (TPSA) is 41.1 Å². The second kappa shape index (κ2) is 5.85. The van der Waals surface area contributed by atoms with E-state index in [-0.39, 0.29) is 11.9 Å². The lowest BCUT2D eigenvalue weighted by Crippen LogP contribution is -2.47. The van der Waals surface area contributed by atoms with Crippen molar-refractivity contribution in [2.45, 2.75) is 25.4 Å². The molecule has 1 aromatic rings. The molecule has 0 aliphatic carbocycles. The lowest BCUT2D eigenvalue weighted by molar-refractivity contribution is -0.124. The monoisotopic (exact) mass is 316 g/mol. The summed E-state index contributed by atoms with van der Waals surface area (Å²) in [5.74, 6) is 0.101. The van der Waals surface area contributed by atoms with E-state index in [9.17, 15) is 4.79 Å². The van der Waals surface area contributed by atoms with E-state index in [4.69, 9.17) is 11.6 Å². The van der Waals surface area contributed by atoms with Gasteiger partial charge in [-0.15, -0.1) is 0 Å². The first-order chi connectivity index (χ1) is 8.16. The predicted octanol–water partition coefficient (Wildman–Crippen LogP) is 2.47. The number of carbonyl (C=O) groups excluding carboxylic acids is 1. The van der Waals surface area contributed by atoms with Crippen LogP contribution in [0.5, 0.6) is 0 Å². The van der Waals surface area contributed by atoms with Crippen LogP contribution in [0.4, 0.5) is 0 Å². The van der Waals surface area contributed by atoms with Crippen molar-refractivity contribution in [1.82, 2.24) is 10.6 Å². The van der Waals surface area contributed by atoms with Crippen LogP contribution in [0.15, 0.2) is 22.7 Å². The Morgan fingerprint density at radius 1 is 1.53 bits per heavy atom. The van der Waals surface area contributed by atoms with E-state index >= 15 is 0 Å². The molecule has 1 amide bonds. The molecule has 17 heavy (non-hydrogen) atoms. The molecule has 92 valence electrons. The molecule has 0 saturated carbocycles. The summed E-state index contributed by atoms with van der Waals surface area (Å²) in [5, 5.41) is 6.81. The number of carbonyl (C=O) groups is 1. The minimum Gasteiger partial charge on any atom is -0.355 e. The second-order valence-corrected chi connectivity index (χ2v) is 5.38. The van der Waals surface area contributed by atoms with Gasteiger partial charge in [0.1, 0.15) is 0 Å². The smallest absolute Gasteiger partial charge is 0.237 e. The standard InChI is InChI=1S/C12H14BrClN2O/c13-9-6-8(3-4-10(9)14)7-16-11-2-1-5-15-12(11)17/h3-4,6,11,16H,1-2,5,7H2,(H,15,17). The van der Waals surface area contributed by atoms with Crippen molar-refractivity contribution in [3.63, 3.8) is 0 Å². The summed E-state index contributed by atoms with van der Waals surface area (Å²) < 4.78 is 0.881. The molecule has 1 atom stereocenters. The SMILES string of the molecule is O=C1NCCCC1NCc1ccc(Cl)c(Br)c1. The zero-order chi connectivity index (χ0) is 12.3. The number of benzene rings is 1. The van der Waals surface area contributed by atoms with Crippen molar-refractivity contribution in [3.8, 4) is 0 Å². The highest BCUT2D eigenvalue weighted by atomic mass is 79.9. The number of hydrogen-bond acceptors (Lipinski definition) is 2. The van der Waals surface area contributed by atoms with Crippen molar-refractivity contribution in [3.05, 3.63) is 33.3 Å². The number of hydrogen-bond donors (Lipinski definition) is 2. The molecule has 1 heterocycles. The minimum atomic E-state index is -0.0711. The molecular weight excluding hydrogens is 304 g/mol. The van der Waals surface area contributed by atoms with Gasteiger partial charge in [-0.1, -0.05) is 17.7 Å². The third-order valence-electron chi connectivity index (χ3n) is 2.82. The molecule has 2 rings (SSSR count). The van der Waals surface area contributed by atoms with Gasteiger partial charge in [-0.3, -0.25) is 4.79 Å². The van der Waals surface area contributed by atoms with Crippen LogP contribution in [0, 0.1) is 0 Å². The molecule has 0 bridgehead atoms. The van der Waals surface area contributed by atoms with Crippen LogP contribution in [-0.4, -0.2) is 18.5 Å². The van der Waals surface area contributed by atoms with Crippen molar-refractivity contribution in [2.24, 2.45) is 0 Å². The van der Waals surface area contributed by atoms with Crippen LogP contribution in [-0.2, 0) is 11.3 Å². The van der Waals surface area contributed by atoms with E-state index < -0.39 is 0 Å². The highest BCUT2D eigenvalue weighted by Crippen LogP contribution is 2.23. The largest absolute Gasteiger partial charge is 0.355 e. The molecular formula is C12H14BrClN2O. The molecule has 1 aromatic carbocycles. The molecule has 1 saturated heterocycles. The summed E-state index contributed by atoms with van der Waals surface area (Å²) >= 11 is 9.31. The summed E-state index contributed by atoms with van der Waals surface area (Å²) in [6.45, 7) is 1.47. The Bertz CT molecular complexity index is 425. The van der Waals surface area contributed by atoms with Crippen LogP contribution < -0.4 is 10.6 Å². The maximum atomic E-state index is 11.5. The van der Waals surface area contributed by atoms with Crippen molar-refractivity contribution in [2.75, 3.05) is 6.54 Å².